The van der Waals surface area contributed by atoms with Crippen molar-refractivity contribution in [3.63, 3.8) is 0 Å². The molecule has 0 saturated carbocycles. The molecule has 0 unspecified atom stereocenters. The van der Waals surface area contributed by atoms with E-state index in [-0.39, 0.29) is 10.8 Å². The molecule has 3 rings (SSSR count). The van der Waals surface area contributed by atoms with Crippen molar-refractivity contribution in [2.75, 3.05) is 0 Å². The van der Waals surface area contributed by atoms with E-state index in [1.165, 1.54) is 50.1 Å². The van der Waals surface area contributed by atoms with Crippen LogP contribution in [0.2, 0.25) is 0 Å². The highest BCUT2D eigenvalue weighted by Crippen LogP contribution is 2.44. The summed E-state index contributed by atoms with van der Waals surface area (Å²) in [4.78, 5) is 0. The minimum absolute atomic E-state index is 0.0338. The molecule has 1 N–H and O–H groups in total. The van der Waals surface area contributed by atoms with Crippen LogP contribution in [0, 0.1) is 10.8 Å². The largest absolute Gasteiger partial charge is 0.356 e. The maximum atomic E-state index is 4.23. The van der Waals surface area contributed by atoms with Gasteiger partial charge in [-0.05, 0) is 146 Å². The zero-order chi connectivity index (χ0) is 38.6. The Morgan fingerprint density at radius 2 is 1.06 bits per heavy atom. The molecule has 1 aromatic carbocycles. The average Bonchev–Trinajstić information content (AvgIpc) is 3.68. The third kappa shape index (κ3) is 9.01. The Kier molecular flexibility index (Phi) is 14.6. The van der Waals surface area contributed by atoms with E-state index in [2.05, 4.69) is 130 Å². The summed E-state index contributed by atoms with van der Waals surface area (Å²) in [6, 6.07) is 4.73. The number of rotatable bonds is 20. The van der Waals surface area contributed by atoms with Crippen LogP contribution in [0.15, 0.2) is 195 Å². The third-order valence-electron chi connectivity index (χ3n) is 11.2. The first-order valence-electron chi connectivity index (χ1n) is 18.6. The van der Waals surface area contributed by atoms with Gasteiger partial charge in [0.1, 0.15) is 0 Å². The Bertz CT molecular complexity index is 1900. The van der Waals surface area contributed by atoms with Crippen LogP contribution in [-0.4, -0.2) is 0 Å². The normalized spacial score (nSPS) is 16.0. The summed E-state index contributed by atoms with van der Waals surface area (Å²) in [7, 11) is 0. The van der Waals surface area contributed by atoms with Crippen LogP contribution in [0.3, 0.4) is 0 Å². The second-order valence-electron chi connectivity index (χ2n) is 14.3. The summed E-state index contributed by atoms with van der Waals surface area (Å²) < 4.78 is 0. The van der Waals surface area contributed by atoms with Crippen LogP contribution in [0.1, 0.15) is 83.1 Å². The van der Waals surface area contributed by atoms with Gasteiger partial charge >= 0.3 is 0 Å². The zero-order valence-electron chi connectivity index (χ0n) is 32.9. The molecular formula is C51H61N. The van der Waals surface area contributed by atoms with Crippen molar-refractivity contribution in [1.82, 2.24) is 5.32 Å². The van der Waals surface area contributed by atoms with Crippen molar-refractivity contribution >= 4 is 11.1 Å². The molecule has 1 heteroatoms. The second kappa shape index (κ2) is 18.4. The van der Waals surface area contributed by atoms with Gasteiger partial charge in [0.05, 0.1) is 0 Å². The summed E-state index contributed by atoms with van der Waals surface area (Å²) in [5, 5.41) is 3.44. The summed E-state index contributed by atoms with van der Waals surface area (Å²) >= 11 is 0. The van der Waals surface area contributed by atoms with Gasteiger partial charge in [-0.1, -0.05) is 155 Å². The third-order valence-corrected chi connectivity index (χ3v) is 11.2. The number of hydrogen-bond donors (Lipinski definition) is 1. The molecule has 270 valence electrons. The summed E-state index contributed by atoms with van der Waals surface area (Å²) in [5.74, 6) is 0. The van der Waals surface area contributed by atoms with E-state index < -0.39 is 0 Å². The first kappa shape index (κ1) is 41.3. The highest BCUT2D eigenvalue weighted by Gasteiger charge is 2.28. The van der Waals surface area contributed by atoms with E-state index >= 15 is 0 Å². The average molecular weight is 688 g/mol. The molecule has 0 bridgehead atoms. The Morgan fingerprint density at radius 3 is 1.46 bits per heavy atom. The Morgan fingerprint density at radius 1 is 0.577 bits per heavy atom. The number of hydrogen-bond acceptors (Lipinski definition) is 1. The molecule has 0 aliphatic heterocycles. The Hall–Kier alpha value is -5.14. The van der Waals surface area contributed by atoms with E-state index in [0.29, 0.717) is 0 Å². The highest BCUT2D eigenvalue weighted by molar-refractivity contribution is 5.90. The van der Waals surface area contributed by atoms with Gasteiger partial charge in [0.15, 0.2) is 0 Å². The van der Waals surface area contributed by atoms with E-state index in [0.717, 1.165) is 60.2 Å². The molecule has 2 aliphatic rings. The van der Waals surface area contributed by atoms with Crippen molar-refractivity contribution in [2.45, 2.75) is 73.6 Å². The molecule has 0 radical (unpaired) electrons. The van der Waals surface area contributed by atoms with Crippen LogP contribution in [0.4, 0.5) is 0 Å². The minimum Gasteiger partial charge on any atom is -0.356 e. The fraction of sp³-hybridized carbons (Fsp3) is 0.255. The molecule has 0 heterocycles. The van der Waals surface area contributed by atoms with Crippen LogP contribution < -0.4 is 5.32 Å². The monoisotopic (exact) mass is 687 g/mol. The van der Waals surface area contributed by atoms with Gasteiger partial charge in [-0.2, -0.15) is 0 Å². The van der Waals surface area contributed by atoms with E-state index in [1.807, 2.05) is 54.7 Å². The molecular weight excluding hydrogens is 627 g/mol. The van der Waals surface area contributed by atoms with Gasteiger partial charge < -0.3 is 5.32 Å². The summed E-state index contributed by atoms with van der Waals surface area (Å²) in [6.07, 6.45) is 32.9. The van der Waals surface area contributed by atoms with Crippen LogP contribution >= 0.6 is 0 Å². The lowest BCUT2D eigenvalue weighted by atomic mass is 9.76. The van der Waals surface area contributed by atoms with E-state index in [4.69, 9.17) is 0 Å². The fourth-order valence-electron chi connectivity index (χ4n) is 6.85. The molecule has 52 heavy (non-hydrogen) atoms. The van der Waals surface area contributed by atoms with Crippen molar-refractivity contribution < 1.29 is 0 Å². The van der Waals surface area contributed by atoms with Crippen molar-refractivity contribution in [2.24, 2.45) is 10.8 Å². The molecule has 0 saturated heterocycles. The maximum absolute atomic E-state index is 4.23. The standard InChI is InChI=1S/C51H61N/c1-15-36(26-28-44(19-5)52-45(20-6)29-27-42(17-3)50(12,13)23-9)37(16-2)30-38-31-40-34-49-41(35-48(40)46(38)21-7)32-39(47(49)22-8)33-43(18-4)51(14,24-10)25-11/h15-22,26-30,33-35,52H,1-8,23-25,31-32H2,9-14H3/b36-26+,37-30+,42-27+,43-33+,44-28+,45-29+. The Balaban J connectivity index is 1.98. The maximum Gasteiger partial charge on any atom is 0.0378 e. The van der Waals surface area contributed by atoms with Crippen molar-refractivity contribution in [3.8, 4) is 0 Å². The van der Waals surface area contributed by atoms with Crippen LogP contribution in [0.25, 0.3) is 11.1 Å². The van der Waals surface area contributed by atoms with E-state index in [1.54, 1.807) is 12.2 Å². The molecule has 0 atom stereocenters. The van der Waals surface area contributed by atoms with Gasteiger partial charge in [0, 0.05) is 11.4 Å². The molecule has 2 aliphatic carbocycles. The van der Waals surface area contributed by atoms with Gasteiger partial charge in [0.2, 0.25) is 0 Å². The predicted molar refractivity (Wildman–Crippen MR) is 234 cm³/mol. The number of nitrogens with one attached hydrogen (secondary N) is 1. The van der Waals surface area contributed by atoms with Gasteiger partial charge in [-0.25, -0.2) is 0 Å². The fourth-order valence-corrected chi connectivity index (χ4v) is 6.85. The number of benzene rings is 1. The highest BCUT2D eigenvalue weighted by atomic mass is 14.9. The lowest BCUT2D eigenvalue weighted by molar-refractivity contribution is 0.376. The number of allylic oxidation sites excluding steroid dienone is 22. The predicted octanol–water partition coefficient (Wildman–Crippen LogP) is 14.1. The van der Waals surface area contributed by atoms with Crippen molar-refractivity contribution in [1.29, 1.82) is 0 Å². The molecule has 0 amide bonds. The molecule has 1 nitrogen and oxygen atoms in total. The SMILES string of the molecule is C=CC1=C(/C=C(C=C)/C(C=C)=C/C=C(\C=C)N/C(C=C)=C/C=C(\C=C)C(C)(C)CC)Cc2cc3c(cc21)CC(/C=C(\C=C)C(C)(CC)CC)=C3C=C. The minimum atomic E-state index is 0.0338. The molecule has 0 spiro atoms. The molecule has 0 fully saturated rings. The van der Waals surface area contributed by atoms with Gasteiger partial charge in [0.25, 0.3) is 0 Å². The topological polar surface area (TPSA) is 12.0 Å². The number of fused-ring (bicyclic) bond motifs is 2. The summed E-state index contributed by atoms with van der Waals surface area (Å²) in [5.41, 5.74) is 16.3. The quantitative estimate of drug-likeness (QED) is 0.135. The lowest BCUT2D eigenvalue weighted by Gasteiger charge is -2.28. The summed E-state index contributed by atoms with van der Waals surface area (Å²) in [6.45, 7) is 46.5. The second-order valence-corrected chi connectivity index (χ2v) is 14.3. The molecule has 0 aromatic heterocycles. The molecule has 1 aromatic rings. The first-order valence-corrected chi connectivity index (χ1v) is 18.6. The van der Waals surface area contributed by atoms with Gasteiger partial charge in [-0.15, -0.1) is 0 Å². The van der Waals surface area contributed by atoms with Crippen LogP contribution in [-0.2, 0) is 12.8 Å². The smallest absolute Gasteiger partial charge is 0.0378 e. The lowest BCUT2D eigenvalue weighted by Crippen LogP contribution is -2.16. The Labute approximate surface area is 316 Å². The van der Waals surface area contributed by atoms with Crippen LogP contribution in [0.5, 0.6) is 0 Å². The van der Waals surface area contributed by atoms with E-state index in [9.17, 15) is 0 Å². The first-order chi connectivity index (χ1) is 24.9. The van der Waals surface area contributed by atoms with Gasteiger partial charge in [-0.3, -0.25) is 0 Å². The van der Waals surface area contributed by atoms with Crippen molar-refractivity contribution in [3.05, 3.63) is 217 Å². The zero-order valence-corrected chi connectivity index (χ0v) is 32.9.